The number of ether oxygens (including phenoxy) is 5. The Morgan fingerprint density at radius 1 is 1.09 bits per heavy atom. The van der Waals surface area contributed by atoms with Crippen molar-refractivity contribution < 1.29 is 52.6 Å². The number of nitrogens with one attached hydrogen (secondary N) is 1. The van der Waals surface area contributed by atoms with E-state index in [4.69, 9.17) is 35.3 Å². The zero-order chi connectivity index (χ0) is 31.5. The van der Waals surface area contributed by atoms with Crippen LogP contribution in [0, 0.1) is 5.82 Å². The molecule has 0 bridgehead atoms. The minimum atomic E-state index is -1.50. The lowest BCUT2D eigenvalue weighted by atomic mass is 9.83. The van der Waals surface area contributed by atoms with Crippen LogP contribution in [0.15, 0.2) is 59.7 Å². The fourth-order valence-corrected chi connectivity index (χ4v) is 5.52. The molecule has 13 heteroatoms. The summed E-state index contributed by atoms with van der Waals surface area (Å²) in [5.74, 6) is -1.08. The van der Waals surface area contributed by atoms with Gasteiger partial charge in [0.25, 0.3) is 0 Å². The molecule has 2 aromatic rings. The molecule has 3 aliphatic rings. The molecule has 2 aromatic carbocycles. The van der Waals surface area contributed by atoms with Gasteiger partial charge in [0.15, 0.2) is 17.7 Å². The molecule has 0 unspecified atom stereocenters. The lowest BCUT2D eigenvalue weighted by molar-refractivity contribution is -0.155. The highest BCUT2D eigenvalue weighted by atomic mass is 35.5. The SMILES string of the molecule is C/C(=C\c1ccc(O[C@@H]2O[C@H](/C(C)=C/COc3cccc(Cl)c3)C[C@H]2F)c(F)c1)C(=O)N[C@@H]1[C@H](O)[C@@H](O)[C@H]2OCO[C@H]2[C@@H]1O. The van der Waals surface area contributed by atoms with Gasteiger partial charge >= 0.3 is 0 Å². The first-order valence-corrected chi connectivity index (χ1v) is 14.5. The number of alkyl halides is 1. The number of halogens is 3. The number of hydrogen-bond acceptors (Lipinski definition) is 9. The lowest BCUT2D eigenvalue weighted by Crippen LogP contribution is -2.67. The molecule has 2 aliphatic heterocycles. The second kappa shape index (κ2) is 13.9. The minimum absolute atomic E-state index is 0.0306. The van der Waals surface area contributed by atoms with Gasteiger partial charge in [0.05, 0.1) is 12.1 Å². The molecule has 0 spiro atoms. The number of aliphatic hydroxyl groups excluding tert-OH is 3. The zero-order valence-electron chi connectivity index (χ0n) is 23.9. The van der Waals surface area contributed by atoms with Gasteiger partial charge in [-0.05, 0) is 67.5 Å². The first kappa shape index (κ1) is 32.3. The van der Waals surface area contributed by atoms with Gasteiger partial charge < -0.3 is 44.3 Å². The van der Waals surface area contributed by atoms with E-state index in [0.717, 1.165) is 11.6 Å². The van der Waals surface area contributed by atoms with Crippen molar-refractivity contribution >= 4 is 23.6 Å². The van der Waals surface area contributed by atoms with Crippen molar-refractivity contribution in [2.24, 2.45) is 0 Å². The summed E-state index contributed by atoms with van der Waals surface area (Å²) in [6.45, 7) is 3.32. The topological polar surface area (TPSA) is 136 Å². The van der Waals surface area contributed by atoms with E-state index in [1.165, 1.54) is 25.1 Å². The van der Waals surface area contributed by atoms with E-state index >= 15 is 0 Å². The number of amides is 1. The van der Waals surface area contributed by atoms with Crippen LogP contribution in [0.4, 0.5) is 8.78 Å². The van der Waals surface area contributed by atoms with Gasteiger partial charge in [-0.2, -0.15) is 0 Å². The summed E-state index contributed by atoms with van der Waals surface area (Å²) >= 11 is 5.96. The number of carbonyl (C=O) groups is 1. The van der Waals surface area contributed by atoms with E-state index in [1.54, 1.807) is 37.3 Å². The van der Waals surface area contributed by atoms with Crippen LogP contribution in [0.1, 0.15) is 25.8 Å². The molecule has 238 valence electrons. The Morgan fingerprint density at radius 2 is 1.84 bits per heavy atom. The highest BCUT2D eigenvalue weighted by Gasteiger charge is 2.53. The van der Waals surface area contributed by atoms with E-state index in [9.17, 15) is 28.9 Å². The Bertz CT molecular complexity index is 1410. The first-order valence-electron chi connectivity index (χ1n) is 14.1. The Morgan fingerprint density at radius 3 is 2.57 bits per heavy atom. The Hall–Kier alpha value is -3.10. The highest BCUT2D eigenvalue weighted by molar-refractivity contribution is 6.30. The summed E-state index contributed by atoms with van der Waals surface area (Å²) < 4.78 is 57.1. The van der Waals surface area contributed by atoms with Gasteiger partial charge in [-0.15, -0.1) is 0 Å². The fourth-order valence-electron chi connectivity index (χ4n) is 5.33. The molecule has 0 aromatic heterocycles. The number of fused-ring (bicyclic) bond motifs is 1. The van der Waals surface area contributed by atoms with E-state index < -0.39 is 66.9 Å². The molecule has 1 amide bonds. The second-order valence-electron chi connectivity index (χ2n) is 10.9. The van der Waals surface area contributed by atoms with Crippen molar-refractivity contribution in [2.75, 3.05) is 13.4 Å². The Balaban J connectivity index is 1.16. The molecule has 5 rings (SSSR count). The summed E-state index contributed by atoms with van der Waals surface area (Å²) in [6, 6.07) is 9.63. The maximum atomic E-state index is 14.9. The van der Waals surface area contributed by atoms with Gasteiger partial charge in [0.2, 0.25) is 12.2 Å². The highest BCUT2D eigenvalue weighted by Crippen LogP contribution is 2.32. The molecule has 10 nitrogen and oxygen atoms in total. The molecule has 2 heterocycles. The second-order valence-corrected chi connectivity index (χ2v) is 11.4. The summed E-state index contributed by atoms with van der Waals surface area (Å²) in [5, 5.41) is 34.3. The van der Waals surface area contributed by atoms with Gasteiger partial charge in [-0.3, -0.25) is 4.79 Å². The molecule has 9 atom stereocenters. The largest absolute Gasteiger partial charge is 0.489 e. The summed E-state index contributed by atoms with van der Waals surface area (Å²) in [6.07, 6.45) is -6.25. The average Bonchev–Trinajstić information content (AvgIpc) is 3.63. The van der Waals surface area contributed by atoms with Crippen molar-refractivity contribution in [3.8, 4) is 11.5 Å². The molecule has 0 radical (unpaired) electrons. The Kier molecular flexibility index (Phi) is 10.2. The first-order chi connectivity index (χ1) is 21.0. The summed E-state index contributed by atoms with van der Waals surface area (Å²) in [5.41, 5.74) is 1.17. The molecule has 1 aliphatic carbocycles. The van der Waals surface area contributed by atoms with Crippen LogP contribution < -0.4 is 14.8 Å². The lowest BCUT2D eigenvalue weighted by Gasteiger charge is -2.41. The molecule has 2 saturated heterocycles. The quantitative estimate of drug-likeness (QED) is 0.242. The number of benzene rings is 2. The van der Waals surface area contributed by atoms with Gasteiger partial charge in [-0.25, -0.2) is 8.78 Å². The van der Waals surface area contributed by atoms with Crippen LogP contribution in [0.5, 0.6) is 11.5 Å². The minimum Gasteiger partial charge on any atom is -0.489 e. The van der Waals surface area contributed by atoms with E-state index in [2.05, 4.69) is 5.32 Å². The maximum absolute atomic E-state index is 14.9. The summed E-state index contributed by atoms with van der Waals surface area (Å²) in [4.78, 5) is 12.8. The molecular weight excluding hydrogens is 604 g/mol. The smallest absolute Gasteiger partial charge is 0.247 e. The van der Waals surface area contributed by atoms with Gasteiger partial charge in [-0.1, -0.05) is 23.7 Å². The Labute approximate surface area is 257 Å². The van der Waals surface area contributed by atoms with Crippen LogP contribution in [0.3, 0.4) is 0 Å². The standard InChI is InChI=1S/C31H34ClF2NO9/c1-15(8-9-40-19-5-3-4-18(32)12-19)23-13-21(34)31(44-23)43-22-7-6-17(11-20(22)33)10-16(2)30(39)35-24-25(36)27(38)29-28(26(24)37)41-14-42-29/h3-8,10-12,21,23-29,31,36-38H,9,13-14H2,1-2H3,(H,35,39)/b15-8+,16-10+/t21-,23+,24-,25+,26-,27-,28+,29-,31-/m1/s1. The number of carbonyl (C=O) groups excluding carboxylic acids is 1. The molecule has 3 fully saturated rings. The van der Waals surface area contributed by atoms with E-state index in [1.807, 2.05) is 0 Å². The van der Waals surface area contributed by atoms with Crippen molar-refractivity contribution in [3.63, 3.8) is 0 Å². The van der Waals surface area contributed by atoms with Gasteiger partial charge in [0, 0.05) is 17.0 Å². The third kappa shape index (κ3) is 7.23. The predicted octanol–water partition coefficient (Wildman–Crippen LogP) is 3.06. The molecular formula is C31H34ClF2NO9. The molecule has 4 N–H and O–H groups in total. The predicted molar refractivity (Wildman–Crippen MR) is 154 cm³/mol. The van der Waals surface area contributed by atoms with Crippen molar-refractivity contribution in [1.29, 1.82) is 0 Å². The van der Waals surface area contributed by atoms with E-state index in [0.29, 0.717) is 16.3 Å². The third-order valence-electron chi connectivity index (χ3n) is 7.83. The van der Waals surface area contributed by atoms with Crippen LogP contribution in [-0.2, 0) is 19.0 Å². The van der Waals surface area contributed by atoms with Crippen molar-refractivity contribution in [3.05, 3.63) is 76.1 Å². The van der Waals surface area contributed by atoms with Crippen molar-refractivity contribution in [2.45, 2.75) is 75.4 Å². The van der Waals surface area contributed by atoms with Crippen LogP contribution in [0.25, 0.3) is 6.08 Å². The van der Waals surface area contributed by atoms with Gasteiger partial charge in [0.1, 0.15) is 49.7 Å². The zero-order valence-corrected chi connectivity index (χ0v) is 24.7. The number of hydrogen-bond donors (Lipinski definition) is 4. The maximum Gasteiger partial charge on any atom is 0.247 e. The van der Waals surface area contributed by atoms with Crippen LogP contribution in [0.2, 0.25) is 5.02 Å². The normalized spacial score (nSPS) is 32.3. The summed E-state index contributed by atoms with van der Waals surface area (Å²) in [7, 11) is 0. The number of aliphatic hydroxyl groups is 3. The monoisotopic (exact) mass is 637 g/mol. The fraction of sp³-hybridized carbons (Fsp3) is 0.452. The molecule has 1 saturated carbocycles. The molecule has 44 heavy (non-hydrogen) atoms. The van der Waals surface area contributed by atoms with Crippen molar-refractivity contribution in [1.82, 2.24) is 5.32 Å². The average molecular weight is 638 g/mol. The van der Waals surface area contributed by atoms with Crippen LogP contribution in [-0.4, -0.2) is 89.8 Å². The number of rotatable bonds is 9. The van der Waals surface area contributed by atoms with E-state index in [-0.39, 0.29) is 31.1 Å². The van der Waals surface area contributed by atoms with Crippen LogP contribution >= 0.6 is 11.6 Å². The third-order valence-corrected chi connectivity index (χ3v) is 8.07.